The minimum Gasteiger partial charge on any atom is -0.468 e. The summed E-state index contributed by atoms with van der Waals surface area (Å²) in [4.78, 5) is 15.7. The molecular formula is C17H15NO2S. The molecule has 0 unspecified atom stereocenters. The topological polar surface area (TPSA) is 42.1 Å². The quantitative estimate of drug-likeness (QED) is 0.582. The second-order valence-corrected chi connectivity index (χ2v) is 5.71. The van der Waals surface area contributed by atoms with Crippen molar-refractivity contribution in [3.8, 4) is 11.3 Å². The van der Waals surface area contributed by atoms with E-state index in [-0.39, 0.29) is 5.97 Å². The highest BCUT2D eigenvalue weighted by Crippen LogP contribution is 2.28. The van der Waals surface area contributed by atoms with E-state index in [2.05, 4.69) is 34.0 Å². The molecule has 0 aliphatic carbocycles. The summed E-state index contributed by atoms with van der Waals surface area (Å²) in [6.07, 6.45) is 0. The highest BCUT2D eigenvalue weighted by atomic mass is 32.2. The number of aromatic nitrogens is 1. The average Bonchev–Trinajstić information content (AvgIpc) is 2.96. The van der Waals surface area contributed by atoms with Crippen LogP contribution in [0.25, 0.3) is 22.2 Å². The van der Waals surface area contributed by atoms with Crippen LogP contribution in [0.1, 0.15) is 0 Å². The van der Waals surface area contributed by atoms with Gasteiger partial charge in [-0.25, -0.2) is 0 Å². The van der Waals surface area contributed by atoms with E-state index >= 15 is 0 Å². The van der Waals surface area contributed by atoms with Gasteiger partial charge in [0.05, 0.1) is 12.9 Å². The van der Waals surface area contributed by atoms with Crippen LogP contribution in [0, 0.1) is 0 Å². The summed E-state index contributed by atoms with van der Waals surface area (Å²) in [7, 11) is 1.41. The third-order valence-corrected chi connectivity index (χ3v) is 4.23. The van der Waals surface area contributed by atoms with Gasteiger partial charge in [-0.15, -0.1) is 11.8 Å². The van der Waals surface area contributed by atoms with Crippen molar-refractivity contribution >= 4 is 28.6 Å². The molecule has 106 valence electrons. The molecule has 4 heteroatoms. The first kappa shape index (κ1) is 13.8. The number of rotatable bonds is 4. The Bertz CT molecular complexity index is 765. The zero-order valence-corrected chi connectivity index (χ0v) is 12.4. The Morgan fingerprint density at radius 2 is 1.95 bits per heavy atom. The van der Waals surface area contributed by atoms with Gasteiger partial charge in [0.1, 0.15) is 0 Å². The van der Waals surface area contributed by atoms with Gasteiger partial charge in [0.25, 0.3) is 0 Å². The number of carbonyl (C=O) groups excluding carboxylic acids is 1. The van der Waals surface area contributed by atoms with Gasteiger partial charge in [-0.1, -0.05) is 30.3 Å². The van der Waals surface area contributed by atoms with Crippen LogP contribution < -0.4 is 0 Å². The lowest BCUT2D eigenvalue weighted by atomic mass is 10.1. The van der Waals surface area contributed by atoms with Gasteiger partial charge in [0.2, 0.25) is 0 Å². The molecule has 0 aliphatic rings. The van der Waals surface area contributed by atoms with Gasteiger partial charge in [-0.3, -0.25) is 4.79 Å². The second kappa shape index (κ2) is 6.06. The minimum absolute atomic E-state index is 0.209. The van der Waals surface area contributed by atoms with E-state index in [1.165, 1.54) is 18.9 Å². The van der Waals surface area contributed by atoms with E-state index in [1.54, 1.807) is 0 Å². The largest absolute Gasteiger partial charge is 0.468 e. The Labute approximate surface area is 127 Å². The molecule has 0 amide bonds. The second-order valence-electron chi connectivity index (χ2n) is 4.66. The summed E-state index contributed by atoms with van der Waals surface area (Å²) in [5.41, 5.74) is 3.36. The average molecular weight is 297 g/mol. The van der Waals surface area contributed by atoms with Crippen molar-refractivity contribution in [2.45, 2.75) is 4.90 Å². The molecule has 2 aromatic carbocycles. The van der Waals surface area contributed by atoms with E-state index in [0.29, 0.717) is 5.75 Å². The van der Waals surface area contributed by atoms with Crippen molar-refractivity contribution in [2.75, 3.05) is 12.9 Å². The molecule has 0 saturated carbocycles. The molecule has 3 aromatic rings. The number of nitrogens with one attached hydrogen (secondary N) is 1. The number of benzene rings is 2. The van der Waals surface area contributed by atoms with Gasteiger partial charge in [0, 0.05) is 21.5 Å². The summed E-state index contributed by atoms with van der Waals surface area (Å²) < 4.78 is 4.66. The molecule has 0 atom stereocenters. The number of thioether (sulfide) groups is 1. The molecule has 0 fully saturated rings. The first-order chi connectivity index (χ1) is 10.3. The standard InChI is InChI=1S/C17H15NO2S/c1-20-17(19)11-21-14-7-8-15-13(9-14)10-16(18-15)12-5-3-2-4-6-12/h2-10,18H,11H2,1H3. The normalized spacial score (nSPS) is 10.7. The molecule has 0 bridgehead atoms. The molecule has 1 aromatic heterocycles. The summed E-state index contributed by atoms with van der Waals surface area (Å²) in [6, 6.07) is 18.5. The van der Waals surface area contributed by atoms with Crippen LogP contribution in [0.5, 0.6) is 0 Å². The van der Waals surface area contributed by atoms with Crippen molar-refractivity contribution in [1.82, 2.24) is 4.98 Å². The van der Waals surface area contributed by atoms with Crippen LogP contribution in [0.2, 0.25) is 0 Å². The fraction of sp³-hybridized carbons (Fsp3) is 0.118. The number of aromatic amines is 1. The molecule has 3 rings (SSSR count). The number of hydrogen-bond donors (Lipinski definition) is 1. The fourth-order valence-corrected chi connectivity index (χ4v) is 2.95. The van der Waals surface area contributed by atoms with E-state index in [9.17, 15) is 4.79 Å². The van der Waals surface area contributed by atoms with E-state index in [1.807, 2.05) is 30.3 Å². The first-order valence-electron chi connectivity index (χ1n) is 6.64. The lowest BCUT2D eigenvalue weighted by molar-refractivity contribution is -0.137. The van der Waals surface area contributed by atoms with Crippen LogP contribution in [-0.4, -0.2) is 23.8 Å². The number of methoxy groups -OCH3 is 1. The Balaban J connectivity index is 1.87. The van der Waals surface area contributed by atoms with Crippen molar-refractivity contribution in [3.63, 3.8) is 0 Å². The SMILES string of the molecule is COC(=O)CSc1ccc2[nH]c(-c3ccccc3)cc2c1. The summed E-state index contributed by atoms with van der Waals surface area (Å²) in [5.74, 6) is 0.122. The third-order valence-electron chi connectivity index (χ3n) is 3.26. The lowest BCUT2D eigenvalue weighted by Crippen LogP contribution is -2.02. The predicted molar refractivity (Wildman–Crippen MR) is 86.5 cm³/mol. The van der Waals surface area contributed by atoms with Crippen molar-refractivity contribution < 1.29 is 9.53 Å². The highest BCUT2D eigenvalue weighted by molar-refractivity contribution is 8.00. The predicted octanol–water partition coefficient (Wildman–Crippen LogP) is 4.10. The molecule has 1 heterocycles. The van der Waals surface area contributed by atoms with Crippen LogP contribution in [0.3, 0.4) is 0 Å². The van der Waals surface area contributed by atoms with Gasteiger partial charge in [-0.2, -0.15) is 0 Å². The van der Waals surface area contributed by atoms with Gasteiger partial charge >= 0.3 is 5.97 Å². The Kier molecular flexibility index (Phi) is 3.97. The smallest absolute Gasteiger partial charge is 0.315 e. The van der Waals surface area contributed by atoms with Gasteiger partial charge in [-0.05, 0) is 29.8 Å². The summed E-state index contributed by atoms with van der Waals surface area (Å²) >= 11 is 1.48. The maximum Gasteiger partial charge on any atom is 0.315 e. The molecule has 0 spiro atoms. The number of H-pyrrole nitrogens is 1. The number of hydrogen-bond acceptors (Lipinski definition) is 3. The fourth-order valence-electron chi connectivity index (χ4n) is 2.17. The first-order valence-corrected chi connectivity index (χ1v) is 7.62. The molecule has 21 heavy (non-hydrogen) atoms. The summed E-state index contributed by atoms with van der Waals surface area (Å²) in [6.45, 7) is 0. The third kappa shape index (κ3) is 3.11. The maximum absolute atomic E-state index is 11.2. The molecule has 0 aliphatic heterocycles. The van der Waals surface area contributed by atoms with Gasteiger partial charge in [0.15, 0.2) is 0 Å². The van der Waals surface area contributed by atoms with E-state index in [4.69, 9.17) is 0 Å². The van der Waals surface area contributed by atoms with Crippen LogP contribution >= 0.6 is 11.8 Å². The number of fused-ring (bicyclic) bond motifs is 1. The molecular weight excluding hydrogens is 282 g/mol. The van der Waals surface area contributed by atoms with Gasteiger partial charge < -0.3 is 9.72 Å². The Hall–Kier alpha value is -2.20. The number of esters is 1. The van der Waals surface area contributed by atoms with E-state index in [0.717, 1.165) is 27.1 Å². The van der Waals surface area contributed by atoms with Crippen molar-refractivity contribution in [2.24, 2.45) is 0 Å². The minimum atomic E-state index is -0.209. The zero-order valence-electron chi connectivity index (χ0n) is 11.6. The van der Waals surface area contributed by atoms with Crippen LogP contribution in [0.4, 0.5) is 0 Å². The van der Waals surface area contributed by atoms with Crippen molar-refractivity contribution in [1.29, 1.82) is 0 Å². The van der Waals surface area contributed by atoms with E-state index < -0.39 is 0 Å². The Morgan fingerprint density at radius 3 is 2.71 bits per heavy atom. The zero-order chi connectivity index (χ0) is 14.7. The molecule has 3 nitrogen and oxygen atoms in total. The lowest BCUT2D eigenvalue weighted by Gasteiger charge is -2.00. The van der Waals surface area contributed by atoms with Crippen LogP contribution in [0.15, 0.2) is 59.5 Å². The molecule has 0 saturated heterocycles. The number of ether oxygens (including phenoxy) is 1. The summed E-state index contributed by atoms with van der Waals surface area (Å²) in [5, 5.41) is 1.14. The van der Waals surface area contributed by atoms with Crippen molar-refractivity contribution in [3.05, 3.63) is 54.6 Å². The monoisotopic (exact) mass is 297 g/mol. The maximum atomic E-state index is 11.2. The highest BCUT2D eigenvalue weighted by Gasteiger charge is 2.06. The Morgan fingerprint density at radius 1 is 1.14 bits per heavy atom. The molecule has 1 N–H and O–H groups in total. The van der Waals surface area contributed by atoms with Crippen LogP contribution in [-0.2, 0) is 9.53 Å². The number of carbonyl (C=O) groups is 1. The molecule has 0 radical (unpaired) electrons.